The van der Waals surface area contributed by atoms with E-state index in [1.807, 2.05) is 90.9 Å². The summed E-state index contributed by atoms with van der Waals surface area (Å²) in [5.74, 6) is 0. The van der Waals surface area contributed by atoms with Crippen molar-refractivity contribution in [1.29, 1.82) is 0 Å². The average Bonchev–Trinajstić information content (AvgIpc) is 2.57. The van der Waals surface area contributed by atoms with Crippen LogP contribution in [0.25, 0.3) is 0 Å². The van der Waals surface area contributed by atoms with Gasteiger partial charge >= 0.3 is 0 Å². The molecule has 0 fully saturated rings. The van der Waals surface area contributed by atoms with E-state index >= 15 is 0 Å². The molecule has 0 aliphatic rings. The maximum absolute atomic E-state index is 5.71. The normalized spacial score (nSPS) is 7.29. The van der Waals surface area contributed by atoms with Gasteiger partial charge in [0.15, 0.2) is 0 Å². The van der Waals surface area contributed by atoms with Crippen LogP contribution in [-0.4, -0.2) is 0 Å². The molecule has 1 heteroatoms. The summed E-state index contributed by atoms with van der Waals surface area (Å²) >= 11 is 5.71. The van der Waals surface area contributed by atoms with Crippen molar-refractivity contribution >= 4 is 11.6 Å². The molecule has 0 nitrogen and oxygen atoms in total. The second-order valence-corrected chi connectivity index (χ2v) is 3.81. The van der Waals surface area contributed by atoms with E-state index < -0.39 is 0 Å². The fraction of sp³-hybridized carbons (Fsp3) is 0.400. The van der Waals surface area contributed by atoms with Crippen LogP contribution in [0.5, 0.6) is 0 Å². The van der Waals surface area contributed by atoms with Gasteiger partial charge in [0, 0.05) is 5.02 Å². The predicted molar refractivity (Wildman–Crippen MR) is 101 cm³/mol. The topological polar surface area (TPSA) is 0 Å². The molecule has 0 aromatic heterocycles. The number of halogens is 1. The van der Waals surface area contributed by atoms with Gasteiger partial charge in [-0.25, -0.2) is 0 Å². The molecule has 0 saturated heterocycles. The van der Waals surface area contributed by atoms with Crippen LogP contribution in [-0.2, 0) is 0 Å². The number of rotatable bonds is 0. The maximum Gasteiger partial charge on any atom is 0.0435 e. The first kappa shape index (κ1) is 24.7. The molecule has 0 unspecified atom stereocenters. The largest absolute Gasteiger partial charge is 0.0841 e. The van der Waals surface area contributed by atoms with Crippen molar-refractivity contribution in [3.63, 3.8) is 0 Å². The van der Waals surface area contributed by atoms with E-state index in [9.17, 15) is 0 Å². The standard InChI is InChI=1S/C7H7Cl.C7H8.3C2H6/c1-6-4-2-3-5-7(6)8;1-7-5-3-2-4-6-7;3*1-2/h2-5H,1H3;2-6H,1H3;3*1-2H3. The third-order valence-electron chi connectivity index (χ3n) is 2.02. The molecular weight excluding hydrogens is 276 g/mol. The fourth-order valence-corrected chi connectivity index (χ4v) is 1.22. The van der Waals surface area contributed by atoms with Crippen molar-refractivity contribution in [1.82, 2.24) is 0 Å². The Morgan fingerprint density at radius 1 is 0.571 bits per heavy atom. The van der Waals surface area contributed by atoms with E-state index in [-0.39, 0.29) is 0 Å². The van der Waals surface area contributed by atoms with Crippen molar-refractivity contribution in [2.45, 2.75) is 55.4 Å². The fourth-order valence-electron chi connectivity index (χ4n) is 1.09. The molecule has 2 aromatic rings. The van der Waals surface area contributed by atoms with Crippen LogP contribution < -0.4 is 0 Å². The summed E-state index contributed by atoms with van der Waals surface area (Å²) in [5, 5.41) is 0.840. The highest BCUT2D eigenvalue weighted by Crippen LogP contribution is 2.11. The van der Waals surface area contributed by atoms with Gasteiger partial charge in [0.2, 0.25) is 0 Å². The lowest BCUT2D eigenvalue weighted by atomic mass is 10.2. The van der Waals surface area contributed by atoms with Gasteiger partial charge in [-0.2, -0.15) is 0 Å². The van der Waals surface area contributed by atoms with Crippen molar-refractivity contribution in [3.8, 4) is 0 Å². The summed E-state index contributed by atoms with van der Waals surface area (Å²) in [5.41, 5.74) is 2.46. The highest BCUT2D eigenvalue weighted by molar-refractivity contribution is 6.31. The average molecular weight is 309 g/mol. The van der Waals surface area contributed by atoms with Crippen LogP contribution >= 0.6 is 11.6 Å². The summed E-state index contributed by atoms with van der Waals surface area (Å²) in [4.78, 5) is 0. The Hall–Kier alpha value is -1.27. The van der Waals surface area contributed by atoms with Crippen molar-refractivity contribution in [2.75, 3.05) is 0 Å². The SMILES string of the molecule is CC.CC.CC.Cc1ccccc1.Cc1ccccc1Cl. The van der Waals surface area contributed by atoms with E-state index in [0.29, 0.717) is 0 Å². The van der Waals surface area contributed by atoms with Gasteiger partial charge in [-0.15, -0.1) is 0 Å². The molecule has 0 aliphatic carbocycles. The molecule has 0 atom stereocenters. The molecule has 0 spiro atoms. The third-order valence-corrected chi connectivity index (χ3v) is 2.44. The molecule has 2 aromatic carbocycles. The van der Waals surface area contributed by atoms with Crippen molar-refractivity contribution in [2.24, 2.45) is 0 Å². The number of aryl methyl sites for hydroxylation is 2. The number of hydrogen-bond donors (Lipinski definition) is 0. The zero-order chi connectivity index (χ0) is 17.1. The van der Waals surface area contributed by atoms with Gasteiger partial charge in [0.05, 0.1) is 0 Å². The zero-order valence-electron chi connectivity index (χ0n) is 15.1. The Labute approximate surface area is 138 Å². The lowest BCUT2D eigenvalue weighted by molar-refractivity contribution is 1.47. The third kappa shape index (κ3) is 16.7. The Morgan fingerprint density at radius 2 is 0.952 bits per heavy atom. The first-order valence-corrected chi connectivity index (χ1v) is 8.30. The van der Waals surface area contributed by atoms with Gasteiger partial charge in [-0.1, -0.05) is 107 Å². The minimum atomic E-state index is 0.840. The minimum absolute atomic E-state index is 0.840. The summed E-state index contributed by atoms with van der Waals surface area (Å²) in [6, 6.07) is 18.0. The lowest BCUT2D eigenvalue weighted by Crippen LogP contribution is -1.68. The number of hydrogen-bond acceptors (Lipinski definition) is 0. The molecule has 0 amide bonds. The first-order valence-electron chi connectivity index (χ1n) is 7.93. The predicted octanol–water partition coefficient (Wildman–Crippen LogP) is 7.72. The van der Waals surface area contributed by atoms with Gasteiger partial charge in [-0.3, -0.25) is 0 Å². The lowest BCUT2D eigenvalue weighted by Gasteiger charge is -1.90. The minimum Gasteiger partial charge on any atom is -0.0841 e. The van der Waals surface area contributed by atoms with Gasteiger partial charge in [0.25, 0.3) is 0 Å². The molecule has 0 heterocycles. The first-order chi connectivity index (χ1) is 10.2. The Kier molecular flexibility index (Phi) is 24.8. The van der Waals surface area contributed by atoms with Gasteiger partial charge in [0.1, 0.15) is 0 Å². The van der Waals surface area contributed by atoms with E-state index in [2.05, 4.69) is 19.1 Å². The summed E-state index contributed by atoms with van der Waals surface area (Å²) < 4.78 is 0. The quantitative estimate of drug-likeness (QED) is 0.467. The molecule has 0 saturated carbocycles. The molecule has 0 bridgehead atoms. The molecule has 0 radical (unpaired) electrons. The van der Waals surface area contributed by atoms with E-state index in [0.717, 1.165) is 10.6 Å². The van der Waals surface area contributed by atoms with E-state index in [1.165, 1.54) is 5.56 Å². The van der Waals surface area contributed by atoms with E-state index in [4.69, 9.17) is 11.6 Å². The van der Waals surface area contributed by atoms with Crippen LogP contribution in [0.2, 0.25) is 5.02 Å². The summed E-state index contributed by atoms with van der Waals surface area (Å²) in [7, 11) is 0. The highest BCUT2D eigenvalue weighted by atomic mass is 35.5. The second kappa shape index (κ2) is 21.0. The van der Waals surface area contributed by atoms with Crippen LogP contribution in [0.4, 0.5) is 0 Å². The molecule has 120 valence electrons. The highest BCUT2D eigenvalue weighted by Gasteiger charge is 1.86. The smallest absolute Gasteiger partial charge is 0.0435 e. The van der Waals surface area contributed by atoms with Crippen LogP contribution in [0.15, 0.2) is 54.6 Å². The second-order valence-electron chi connectivity index (χ2n) is 3.40. The summed E-state index contributed by atoms with van der Waals surface area (Å²) in [6.07, 6.45) is 0. The Balaban J connectivity index is -0.000000229. The molecule has 2 rings (SSSR count). The van der Waals surface area contributed by atoms with Crippen LogP contribution in [0.3, 0.4) is 0 Å². The molecule has 0 N–H and O–H groups in total. The number of benzene rings is 2. The zero-order valence-corrected chi connectivity index (χ0v) is 15.8. The van der Waals surface area contributed by atoms with Gasteiger partial charge < -0.3 is 0 Å². The Morgan fingerprint density at radius 3 is 1.19 bits per heavy atom. The molecule has 0 aliphatic heterocycles. The van der Waals surface area contributed by atoms with Crippen molar-refractivity contribution < 1.29 is 0 Å². The van der Waals surface area contributed by atoms with E-state index in [1.54, 1.807) is 0 Å². The van der Waals surface area contributed by atoms with Crippen LogP contribution in [0, 0.1) is 13.8 Å². The van der Waals surface area contributed by atoms with Gasteiger partial charge in [-0.05, 0) is 25.5 Å². The van der Waals surface area contributed by atoms with Crippen molar-refractivity contribution in [3.05, 3.63) is 70.7 Å². The maximum atomic E-state index is 5.71. The molecular formula is C20H33Cl. The Bertz CT molecular complexity index is 373. The van der Waals surface area contributed by atoms with Crippen LogP contribution in [0.1, 0.15) is 52.7 Å². The molecule has 21 heavy (non-hydrogen) atoms. The monoisotopic (exact) mass is 308 g/mol. The summed E-state index contributed by atoms with van der Waals surface area (Å²) in [6.45, 7) is 16.1.